The standard InChI is InChI=1S/C16H13ClO3/c1-19-14-6-2-12(3-7-14)16(18)10-11-20-15-8-4-13(17)5-9-15/h2-11H,1H3/b11-10+. The molecule has 2 rings (SSSR count). The van der Waals surface area contributed by atoms with Crippen LogP contribution in [0.25, 0.3) is 0 Å². The van der Waals surface area contributed by atoms with Crippen LogP contribution in [-0.4, -0.2) is 12.9 Å². The second-order valence-corrected chi connectivity index (χ2v) is 4.40. The monoisotopic (exact) mass is 288 g/mol. The predicted molar refractivity (Wildman–Crippen MR) is 78.5 cm³/mol. The van der Waals surface area contributed by atoms with Gasteiger partial charge in [-0.2, -0.15) is 0 Å². The second-order valence-electron chi connectivity index (χ2n) is 3.97. The van der Waals surface area contributed by atoms with Gasteiger partial charge >= 0.3 is 0 Å². The van der Waals surface area contributed by atoms with E-state index in [2.05, 4.69) is 0 Å². The van der Waals surface area contributed by atoms with Crippen LogP contribution in [0.1, 0.15) is 10.4 Å². The third-order valence-corrected chi connectivity index (χ3v) is 2.86. The van der Waals surface area contributed by atoms with Crippen molar-refractivity contribution in [2.45, 2.75) is 0 Å². The molecule has 0 bridgehead atoms. The fraction of sp³-hybridized carbons (Fsp3) is 0.0625. The Morgan fingerprint density at radius 1 is 1.00 bits per heavy atom. The van der Waals surface area contributed by atoms with Crippen LogP contribution in [0.3, 0.4) is 0 Å². The maximum atomic E-state index is 11.9. The van der Waals surface area contributed by atoms with Crippen molar-refractivity contribution in [2.24, 2.45) is 0 Å². The summed E-state index contributed by atoms with van der Waals surface area (Å²) >= 11 is 5.76. The number of methoxy groups -OCH3 is 1. The van der Waals surface area contributed by atoms with Crippen molar-refractivity contribution >= 4 is 17.4 Å². The molecular formula is C16H13ClO3. The van der Waals surface area contributed by atoms with Crippen LogP contribution in [0.15, 0.2) is 60.9 Å². The Morgan fingerprint density at radius 2 is 1.60 bits per heavy atom. The molecule has 0 aliphatic carbocycles. The summed E-state index contributed by atoms with van der Waals surface area (Å²) in [5.41, 5.74) is 0.571. The second kappa shape index (κ2) is 6.78. The van der Waals surface area contributed by atoms with Crippen LogP contribution in [0.5, 0.6) is 11.5 Å². The molecule has 0 radical (unpaired) electrons. The third-order valence-electron chi connectivity index (χ3n) is 2.61. The average molecular weight is 289 g/mol. The third kappa shape index (κ3) is 3.87. The molecule has 0 unspecified atom stereocenters. The van der Waals surface area contributed by atoms with Crippen LogP contribution in [0, 0.1) is 0 Å². The van der Waals surface area contributed by atoms with Gasteiger partial charge in [-0.05, 0) is 48.5 Å². The van der Waals surface area contributed by atoms with Crippen LogP contribution < -0.4 is 9.47 Å². The topological polar surface area (TPSA) is 35.5 Å². The van der Waals surface area contributed by atoms with Crippen molar-refractivity contribution in [3.05, 3.63) is 71.5 Å². The minimum absolute atomic E-state index is 0.137. The van der Waals surface area contributed by atoms with Crippen molar-refractivity contribution < 1.29 is 14.3 Å². The number of hydrogen-bond donors (Lipinski definition) is 0. The van der Waals surface area contributed by atoms with E-state index in [1.807, 2.05) is 0 Å². The number of ether oxygens (including phenoxy) is 2. The number of carbonyl (C=O) groups excluding carboxylic acids is 1. The summed E-state index contributed by atoms with van der Waals surface area (Å²) < 4.78 is 10.3. The van der Waals surface area contributed by atoms with Gasteiger partial charge in [0, 0.05) is 16.7 Å². The molecule has 0 fully saturated rings. The van der Waals surface area contributed by atoms with Crippen LogP contribution in [0.4, 0.5) is 0 Å². The smallest absolute Gasteiger partial charge is 0.188 e. The largest absolute Gasteiger partial charge is 0.497 e. The number of halogens is 1. The molecule has 0 amide bonds. The molecule has 0 atom stereocenters. The molecule has 0 saturated carbocycles. The lowest BCUT2D eigenvalue weighted by atomic mass is 10.1. The van der Waals surface area contributed by atoms with Gasteiger partial charge in [-0.1, -0.05) is 11.6 Å². The summed E-state index contributed by atoms with van der Waals surface area (Å²) in [6.07, 6.45) is 2.73. The van der Waals surface area contributed by atoms with Gasteiger partial charge in [0.05, 0.1) is 13.4 Å². The summed E-state index contributed by atoms with van der Waals surface area (Å²) in [5.74, 6) is 1.19. The zero-order chi connectivity index (χ0) is 14.4. The van der Waals surface area contributed by atoms with Gasteiger partial charge < -0.3 is 9.47 Å². The molecule has 0 spiro atoms. The van der Waals surface area contributed by atoms with Gasteiger partial charge in [-0.3, -0.25) is 4.79 Å². The molecule has 2 aromatic rings. The first-order valence-electron chi connectivity index (χ1n) is 5.96. The van der Waals surface area contributed by atoms with Crippen molar-refractivity contribution in [3.63, 3.8) is 0 Å². The van der Waals surface area contributed by atoms with E-state index in [1.54, 1.807) is 55.6 Å². The highest BCUT2D eigenvalue weighted by molar-refractivity contribution is 6.30. The molecule has 3 nitrogen and oxygen atoms in total. The molecule has 0 aliphatic rings. The van der Waals surface area contributed by atoms with E-state index in [4.69, 9.17) is 21.1 Å². The van der Waals surface area contributed by atoms with Gasteiger partial charge in [0.2, 0.25) is 0 Å². The van der Waals surface area contributed by atoms with Crippen LogP contribution in [-0.2, 0) is 0 Å². The lowest BCUT2D eigenvalue weighted by Gasteiger charge is -2.01. The molecule has 0 N–H and O–H groups in total. The SMILES string of the molecule is COc1ccc(C(=O)/C=C/Oc2ccc(Cl)cc2)cc1. The van der Waals surface area contributed by atoms with Gasteiger partial charge in [-0.15, -0.1) is 0 Å². The van der Waals surface area contributed by atoms with Crippen LogP contribution in [0.2, 0.25) is 5.02 Å². The zero-order valence-corrected chi connectivity index (χ0v) is 11.6. The van der Waals surface area contributed by atoms with Gasteiger partial charge in [-0.25, -0.2) is 0 Å². The lowest BCUT2D eigenvalue weighted by Crippen LogP contribution is -1.95. The van der Waals surface area contributed by atoms with E-state index >= 15 is 0 Å². The van der Waals surface area contributed by atoms with Gasteiger partial charge in [0.1, 0.15) is 11.5 Å². The fourth-order valence-corrected chi connectivity index (χ4v) is 1.67. The maximum Gasteiger partial charge on any atom is 0.188 e. The molecule has 0 saturated heterocycles. The number of benzene rings is 2. The van der Waals surface area contributed by atoms with Crippen molar-refractivity contribution in [2.75, 3.05) is 7.11 Å². The Labute approximate surface area is 122 Å². The summed E-state index contributed by atoms with van der Waals surface area (Å²) in [5, 5.41) is 0.635. The minimum atomic E-state index is -0.137. The van der Waals surface area contributed by atoms with Crippen molar-refractivity contribution in [1.29, 1.82) is 0 Å². The average Bonchev–Trinajstić information content (AvgIpc) is 2.49. The van der Waals surface area contributed by atoms with E-state index < -0.39 is 0 Å². The summed E-state index contributed by atoms with van der Waals surface area (Å²) in [6.45, 7) is 0. The molecule has 20 heavy (non-hydrogen) atoms. The number of hydrogen-bond acceptors (Lipinski definition) is 3. The lowest BCUT2D eigenvalue weighted by molar-refractivity contribution is 0.104. The van der Waals surface area contributed by atoms with Crippen LogP contribution >= 0.6 is 11.6 Å². The Hall–Kier alpha value is -2.26. The Bertz CT molecular complexity index is 601. The molecule has 0 aliphatic heterocycles. The molecule has 4 heteroatoms. The minimum Gasteiger partial charge on any atom is -0.497 e. The Kier molecular flexibility index (Phi) is 4.80. The molecule has 2 aromatic carbocycles. The molecule has 0 aromatic heterocycles. The van der Waals surface area contributed by atoms with E-state index in [-0.39, 0.29) is 5.78 Å². The van der Waals surface area contributed by atoms with Gasteiger partial charge in [0.25, 0.3) is 0 Å². The number of allylic oxidation sites excluding steroid dienone is 1. The predicted octanol–water partition coefficient (Wildman–Crippen LogP) is 4.12. The number of rotatable bonds is 5. The highest BCUT2D eigenvalue weighted by Gasteiger charge is 2.01. The fourth-order valence-electron chi connectivity index (χ4n) is 1.54. The zero-order valence-electron chi connectivity index (χ0n) is 10.9. The quantitative estimate of drug-likeness (QED) is 0.471. The maximum absolute atomic E-state index is 11.9. The molecule has 102 valence electrons. The highest BCUT2D eigenvalue weighted by atomic mass is 35.5. The van der Waals surface area contributed by atoms with E-state index in [0.717, 1.165) is 0 Å². The van der Waals surface area contributed by atoms with E-state index in [1.165, 1.54) is 12.3 Å². The first kappa shape index (κ1) is 14.2. The first-order chi connectivity index (χ1) is 9.69. The Balaban J connectivity index is 1.96. The first-order valence-corrected chi connectivity index (χ1v) is 6.34. The summed E-state index contributed by atoms with van der Waals surface area (Å²) in [4.78, 5) is 11.9. The Morgan fingerprint density at radius 3 is 2.20 bits per heavy atom. The van der Waals surface area contributed by atoms with Gasteiger partial charge in [0.15, 0.2) is 5.78 Å². The number of ketones is 1. The van der Waals surface area contributed by atoms with Crippen molar-refractivity contribution in [1.82, 2.24) is 0 Å². The highest BCUT2D eigenvalue weighted by Crippen LogP contribution is 2.16. The van der Waals surface area contributed by atoms with E-state index in [9.17, 15) is 4.79 Å². The summed E-state index contributed by atoms with van der Waals surface area (Å²) in [6, 6.07) is 13.8. The normalized spacial score (nSPS) is 10.5. The van der Waals surface area contributed by atoms with E-state index in [0.29, 0.717) is 22.1 Å². The summed E-state index contributed by atoms with van der Waals surface area (Å²) in [7, 11) is 1.58. The number of carbonyl (C=O) groups is 1. The van der Waals surface area contributed by atoms with Crippen molar-refractivity contribution in [3.8, 4) is 11.5 Å². The molecule has 0 heterocycles. The molecular weight excluding hydrogens is 276 g/mol.